The normalized spacial score (nSPS) is 10.6. The Morgan fingerprint density at radius 1 is 1.21 bits per heavy atom. The molecule has 0 saturated heterocycles. The van der Waals surface area contributed by atoms with Crippen molar-refractivity contribution < 1.29 is 19.0 Å². The first-order valence-electron chi connectivity index (χ1n) is 5.93. The van der Waals surface area contributed by atoms with Gasteiger partial charge in [-0.2, -0.15) is 0 Å². The van der Waals surface area contributed by atoms with Crippen molar-refractivity contribution >= 4 is 12.0 Å². The number of ether oxygens (including phenoxy) is 3. The zero-order valence-electron chi connectivity index (χ0n) is 11.2. The topological polar surface area (TPSA) is 56.8 Å². The number of benzene rings is 1. The quantitative estimate of drug-likeness (QED) is 0.439. The van der Waals surface area contributed by atoms with Crippen molar-refractivity contribution in [2.75, 3.05) is 34.2 Å². The number of hydrogen-bond acceptors (Lipinski definition) is 4. The maximum atomic E-state index is 11.4. The zero-order chi connectivity index (χ0) is 13.9. The van der Waals surface area contributed by atoms with E-state index in [-0.39, 0.29) is 12.7 Å². The lowest BCUT2D eigenvalue weighted by Gasteiger charge is -2.04. The Morgan fingerprint density at radius 2 is 1.95 bits per heavy atom. The lowest BCUT2D eigenvalue weighted by Crippen LogP contribution is -2.24. The van der Waals surface area contributed by atoms with E-state index in [9.17, 15) is 4.79 Å². The second kappa shape index (κ2) is 9.13. The summed E-state index contributed by atoms with van der Waals surface area (Å²) in [5.41, 5.74) is 0.923. The number of carbonyl (C=O) groups excluding carboxylic acids is 1. The Bertz CT molecular complexity index is 400. The maximum absolute atomic E-state index is 11.4. The van der Waals surface area contributed by atoms with Crippen molar-refractivity contribution in [3.63, 3.8) is 0 Å². The smallest absolute Gasteiger partial charge is 0.244 e. The summed E-state index contributed by atoms with van der Waals surface area (Å²) in [7, 11) is 3.16. The molecule has 0 spiro atoms. The predicted molar refractivity (Wildman–Crippen MR) is 72.9 cm³/mol. The van der Waals surface area contributed by atoms with Crippen LogP contribution in [0, 0.1) is 0 Å². The van der Waals surface area contributed by atoms with E-state index in [1.807, 2.05) is 24.3 Å². The molecule has 19 heavy (non-hydrogen) atoms. The van der Waals surface area contributed by atoms with Gasteiger partial charge < -0.3 is 19.5 Å². The Kier molecular flexibility index (Phi) is 7.31. The molecule has 0 bridgehead atoms. The van der Waals surface area contributed by atoms with Gasteiger partial charge in [0, 0.05) is 26.8 Å². The number of nitrogens with one attached hydrogen (secondary N) is 1. The molecule has 0 atom stereocenters. The molecule has 0 fully saturated rings. The first kappa shape index (κ1) is 15.2. The van der Waals surface area contributed by atoms with Gasteiger partial charge in [-0.3, -0.25) is 4.79 Å². The summed E-state index contributed by atoms with van der Waals surface area (Å²) >= 11 is 0. The molecule has 0 aliphatic rings. The Balaban J connectivity index is 2.41. The molecule has 1 N–H and O–H groups in total. The van der Waals surface area contributed by atoms with E-state index >= 15 is 0 Å². The highest BCUT2D eigenvalue weighted by molar-refractivity contribution is 5.91. The molecule has 0 aliphatic heterocycles. The number of methoxy groups -OCH3 is 2. The van der Waals surface area contributed by atoms with Gasteiger partial charge in [0.25, 0.3) is 0 Å². The third kappa shape index (κ3) is 6.59. The first-order chi connectivity index (χ1) is 9.26. The molecule has 1 rings (SSSR count). The van der Waals surface area contributed by atoms with E-state index in [1.165, 1.54) is 6.08 Å². The third-order valence-electron chi connectivity index (χ3n) is 2.26. The Labute approximate surface area is 113 Å². The Morgan fingerprint density at radius 3 is 2.58 bits per heavy atom. The summed E-state index contributed by atoms with van der Waals surface area (Å²) in [4.78, 5) is 11.4. The van der Waals surface area contributed by atoms with Crippen LogP contribution in [-0.4, -0.2) is 40.1 Å². The van der Waals surface area contributed by atoms with Crippen LogP contribution in [0.4, 0.5) is 0 Å². The summed E-state index contributed by atoms with van der Waals surface area (Å²) in [6, 6.07) is 7.37. The van der Waals surface area contributed by atoms with Crippen LogP contribution in [0.25, 0.3) is 6.08 Å². The minimum Gasteiger partial charge on any atom is -0.468 e. The number of carbonyl (C=O) groups is 1. The fourth-order valence-electron chi connectivity index (χ4n) is 1.31. The number of hydrogen-bond donors (Lipinski definition) is 1. The van der Waals surface area contributed by atoms with Gasteiger partial charge in [-0.25, -0.2) is 0 Å². The average molecular weight is 265 g/mol. The van der Waals surface area contributed by atoms with Crippen molar-refractivity contribution in [1.29, 1.82) is 0 Å². The summed E-state index contributed by atoms with van der Waals surface area (Å²) in [6.45, 7) is 1.23. The molecular weight excluding hydrogens is 246 g/mol. The molecule has 1 aromatic rings. The highest BCUT2D eigenvalue weighted by Crippen LogP contribution is 2.12. The largest absolute Gasteiger partial charge is 0.468 e. The minimum atomic E-state index is -0.142. The molecule has 0 saturated carbocycles. The van der Waals surface area contributed by atoms with Crippen LogP contribution in [0.3, 0.4) is 0 Å². The van der Waals surface area contributed by atoms with Crippen molar-refractivity contribution in [2.45, 2.75) is 0 Å². The molecular formula is C14H19NO4. The third-order valence-corrected chi connectivity index (χ3v) is 2.26. The van der Waals surface area contributed by atoms with E-state index in [2.05, 4.69) is 5.32 Å². The van der Waals surface area contributed by atoms with Crippen LogP contribution in [-0.2, 0) is 14.3 Å². The zero-order valence-corrected chi connectivity index (χ0v) is 11.2. The lowest BCUT2D eigenvalue weighted by molar-refractivity contribution is -0.116. The van der Waals surface area contributed by atoms with Gasteiger partial charge in [-0.05, 0) is 23.8 Å². The summed E-state index contributed by atoms with van der Waals surface area (Å²) in [5.74, 6) is 0.584. The highest BCUT2D eigenvalue weighted by atomic mass is 16.7. The monoisotopic (exact) mass is 265 g/mol. The molecule has 0 aliphatic carbocycles. The highest BCUT2D eigenvalue weighted by Gasteiger charge is 1.95. The van der Waals surface area contributed by atoms with Gasteiger partial charge in [0.1, 0.15) is 5.75 Å². The van der Waals surface area contributed by atoms with Gasteiger partial charge in [-0.15, -0.1) is 0 Å². The molecule has 0 radical (unpaired) electrons. The van der Waals surface area contributed by atoms with Gasteiger partial charge in [0.2, 0.25) is 5.91 Å². The molecule has 5 nitrogen and oxygen atoms in total. The van der Waals surface area contributed by atoms with Gasteiger partial charge >= 0.3 is 0 Å². The summed E-state index contributed by atoms with van der Waals surface area (Å²) < 4.78 is 14.9. The molecule has 1 aromatic carbocycles. The standard InChI is InChI=1S/C14H19NO4/c1-17-10-9-15-14(16)8-5-12-3-6-13(7-4-12)19-11-18-2/h3-8H,9-11H2,1-2H3,(H,15,16)/b8-5+. The van der Waals surface area contributed by atoms with E-state index < -0.39 is 0 Å². The van der Waals surface area contributed by atoms with Gasteiger partial charge in [0.05, 0.1) is 6.61 Å². The van der Waals surface area contributed by atoms with E-state index in [0.717, 1.165) is 11.3 Å². The molecule has 0 heterocycles. The van der Waals surface area contributed by atoms with E-state index in [0.29, 0.717) is 13.2 Å². The van der Waals surface area contributed by atoms with Gasteiger partial charge in [0.15, 0.2) is 6.79 Å². The van der Waals surface area contributed by atoms with E-state index in [1.54, 1.807) is 20.3 Å². The number of rotatable bonds is 8. The molecule has 0 aromatic heterocycles. The van der Waals surface area contributed by atoms with Crippen LogP contribution in [0.5, 0.6) is 5.75 Å². The summed E-state index contributed by atoms with van der Waals surface area (Å²) in [5, 5.41) is 2.70. The van der Waals surface area contributed by atoms with Crippen molar-refractivity contribution in [3.05, 3.63) is 35.9 Å². The van der Waals surface area contributed by atoms with Crippen LogP contribution < -0.4 is 10.1 Å². The second-order valence-corrected chi connectivity index (χ2v) is 3.74. The van der Waals surface area contributed by atoms with Crippen LogP contribution >= 0.6 is 0 Å². The second-order valence-electron chi connectivity index (χ2n) is 3.74. The van der Waals surface area contributed by atoms with Gasteiger partial charge in [-0.1, -0.05) is 12.1 Å². The summed E-state index contributed by atoms with van der Waals surface area (Å²) in [6.07, 6.45) is 3.23. The SMILES string of the molecule is COCCNC(=O)/C=C/c1ccc(OCOC)cc1. The fraction of sp³-hybridized carbons (Fsp3) is 0.357. The van der Waals surface area contributed by atoms with Crippen LogP contribution in [0.2, 0.25) is 0 Å². The molecule has 5 heteroatoms. The van der Waals surface area contributed by atoms with Crippen LogP contribution in [0.15, 0.2) is 30.3 Å². The molecule has 0 unspecified atom stereocenters. The predicted octanol–water partition coefficient (Wildman–Crippen LogP) is 1.45. The number of amides is 1. The van der Waals surface area contributed by atoms with Crippen molar-refractivity contribution in [1.82, 2.24) is 5.32 Å². The van der Waals surface area contributed by atoms with Crippen molar-refractivity contribution in [2.24, 2.45) is 0 Å². The fourth-order valence-corrected chi connectivity index (χ4v) is 1.31. The van der Waals surface area contributed by atoms with Crippen LogP contribution in [0.1, 0.15) is 5.56 Å². The van der Waals surface area contributed by atoms with E-state index in [4.69, 9.17) is 14.2 Å². The lowest BCUT2D eigenvalue weighted by atomic mass is 10.2. The maximum Gasteiger partial charge on any atom is 0.244 e. The molecule has 104 valence electrons. The average Bonchev–Trinajstić information content (AvgIpc) is 2.44. The first-order valence-corrected chi connectivity index (χ1v) is 5.93. The Hall–Kier alpha value is -1.85. The van der Waals surface area contributed by atoms with Crippen molar-refractivity contribution in [3.8, 4) is 5.75 Å². The molecule has 1 amide bonds. The minimum absolute atomic E-state index is 0.142.